The average Bonchev–Trinajstić information content (AvgIpc) is 2.52. The van der Waals surface area contributed by atoms with Crippen molar-refractivity contribution in [3.8, 4) is 0 Å². The predicted molar refractivity (Wildman–Crippen MR) is 63.6 cm³/mol. The molecule has 2 atom stereocenters. The summed E-state index contributed by atoms with van der Waals surface area (Å²) in [7, 11) is 1.91. The topological polar surface area (TPSA) is 53.1 Å². The number of nitrogens with two attached hydrogens (primary N) is 1. The Balaban J connectivity index is 0.000000980. The molecule has 0 spiro atoms. The highest BCUT2D eigenvalue weighted by Crippen LogP contribution is 2.26. The molecule has 1 aromatic heterocycles. The number of halogens is 2. The normalized spacial score (nSPS) is 25.2. The minimum absolute atomic E-state index is 0. The standard InChI is InChI=1S/C9H15N3O.2ClH/c1-12-6-7(5-11-12)9-4-8(10)2-3-13-9;;/h5-6,8-9H,2-4,10H2,1H3;2*1H. The van der Waals surface area contributed by atoms with Crippen LogP contribution < -0.4 is 5.73 Å². The first-order valence-corrected chi connectivity index (χ1v) is 4.61. The molecular weight excluding hydrogens is 237 g/mol. The van der Waals surface area contributed by atoms with Gasteiger partial charge in [0.1, 0.15) is 0 Å². The van der Waals surface area contributed by atoms with Crippen LogP contribution in [0, 0.1) is 0 Å². The van der Waals surface area contributed by atoms with Gasteiger partial charge in [-0.25, -0.2) is 0 Å². The number of hydrogen-bond acceptors (Lipinski definition) is 3. The maximum absolute atomic E-state index is 5.86. The second-order valence-electron chi connectivity index (χ2n) is 3.59. The lowest BCUT2D eigenvalue weighted by molar-refractivity contribution is 0.00664. The summed E-state index contributed by atoms with van der Waals surface area (Å²) in [6.45, 7) is 0.765. The van der Waals surface area contributed by atoms with E-state index in [2.05, 4.69) is 5.10 Å². The highest BCUT2D eigenvalue weighted by molar-refractivity contribution is 5.85. The van der Waals surface area contributed by atoms with Gasteiger partial charge in [-0.05, 0) is 12.8 Å². The zero-order chi connectivity index (χ0) is 9.26. The van der Waals surface area contributed by atoms with Gasteiger partial charge in [0.2, 0.25) is 0 Å². The van der Waals surface area contributed by atoms with Crippen molar-refractivity contribution in [2.45, 2.75) is 25.0 Å². The lowest BCUT2D eigenvalue weighted by Crippen LogP contribution is -2.30. The lowest BCUT2D eigenvalue weighted by Gasteiger charge is -2.26. The lowest BCUT2D eigenvalue weighted by atomic mass is 10.0. The molecule has 4 nitrogen and oxygen atoms in total. The van der Waals surface area contributed by atoms with Gasteiger partial charge in [0.15, 0.2) is 0 Å². The molecule has 6 heteroatoms. The summed E-state index contributed by atoms with van der Waals surface area (Å²) in [5.74, 6) is 0. The monoisotopic (exact) mass is 253 g/mol. The SMILES string of the molecule is Cl.Cl.Cn1cc(C2CC(N)CCO2)cn1. The van der Waals surface area contributed by atoms with E-state index in [0.717, 1.165) is 25.0 Å². The maximum Gasteiger partial charge on any atom is 0.0870 e. The Bertz CT molecular complexity index is 293. The van der Waals surface area contributed by atoms with Crippen molar-refractivity contribution in [3.05, 3.63) is 18.0 Å². The van der Waals surface area contributed by atoms with Crippen LogP contribution in [-0.2, 0) is 11.8 Å². The van der Waals surface area contributed by atoms with Crippen molar-refractivity contribution in [1.29, 1.82) is 0 Å². The molecule has 15 heavy (non-hydrogen) atoms. The van der Waals surface area contributed by atoms with E-state index in [-0.39, 0.29) is 37.0 Å². The van der Waals surface area contributed by atoms with Crippen molar-refractivity contribution < 1.29 is 4.74 Å². The number of hydrogen-bond donors (Lipinski definition) is 1. The van der Waals surface area contributed by atoms with Crippen LogP contribution in [0.1, 0.15) is 24.5 Å². The van der Waals surface area contributed by atoms with Gasteiger partial charge in [0.05, 0.1) is 12.3 Å². The minimum atomic E-state index is 0. The van der Waals surface area contributed by atoms with Crippen molar-refractivity contribution in [3.63, 3.8) is 0 Å². The van der Waals surface area contributed by atoms with Crippen molar-refractivity contribution in [2.24, 2.45) is 12.8 Å². The van der Waals surface area contributed by atoms with Crippen molar-refractivity contribution in [2.75, 3.05) is 6.61 Å². The fraction of sp³-hybridized carbons (Fsp3) is 0.667. The highest BCUT2D eigenvalue weighted by Gasteiger charge is 2.22. The molecule has 0 bridgehead atoms. The summed E-state index contributed by atoms with van der Waals surface area (Å²) in [6, 6.07) is 0.277. The van der Waals surface area contributed by atoms with Crippen LogP contribution in [0.2, 0.25) is 0 Å². The van der Waals surface area contributed by atoms with Gasteiger partial charge in [0.25, 0.3) is 0 Å². The first kappa shape index (κ1) is 14.7. The summed E-state index contributed by atoms with van der Waals surface area (Å²) >= 11 is 0. The fourth-order valence-corrected chi connectivity index (χ4v) is 1.66. The molecule has 0 aliphatic carbocycles. The minimum Gasteiger partial charge on any atom is -0.373 e. The molecule has 0 amide bonds. The van der Waals surface area contributed by atoms with Gasteiger partial charge in [0, 0.05) is 31.5 Å². The van der Waals surface area contributed by atoms with E-state index < -0.39 is 0 Å². The Morgan fingerprint density at radius 1 is 1.53 bits per heavy atom. The first-order chi connectivity index (χ1) is 6.25. The summed E-state index contributed by atoms with van der Waals surface area (Å²) in [5, 5.41) is 4.11. The van der Waals surface area contributed by atoms with Gasteiger partial charge in [-0.1, -0.05) is 0 Å². The maximum atomic E-state index is 5.86. The van der Waals surface area contributed by atoms with Crippen LogP contribution in [0.4, 0.5) is 0 Å². The molecule has 0 aromatic carbocycles. The molecule has 1 fully saturated rings. The third-order valence-corrected chi connectivity index (χ3v) is 2.42. The number of aryl methyl sites for hydroxylation is 1. The Morgan fingerprint density at radius 3 is 2.80 bits per heavy atom. The van der Waals surface area contributed by atoms with E-state index in [4.69, 9.17) is 10.5 Å². The largest absolute Gasteiger partial charge is 0.373 e. The summed E-state index contributed by atoms with van der Waals surface area (Å²) < 4.78 is 7.40. The van der Waals surface area contributed by atoms with Crippen LogP contribution >= 0.6 is 24.8 Å². The van der Waals surface area contributed by atoms with Crippen LogP contribution in [0.25, 0.3) is 0 Å². The summed E-state index contributed by atoms with van der Waals surface area (Å²) in [5.41, 5.74) is 7.00. The van der Waals surface area contributed by atoms with Gasteiger partial charge >= 0.3 is 0 Å². The molecule has 1 aliphatic heterocycles. The molecule has 1 aromatic rings. The van der Waals surface area contributed by atoms with E-state index >= 15 is 0 Å². The van der Waals surface area contributed by atoms with E-state index in [1.54, 1.807) is 4.68 Å². The Kier molecular flexibility index (Phi) is 6.20. The third-order valence-electron chi connectivity index (χ3n) is 2.42. The van der Waals surface area contributed by atoms with Gasteiger partial charge in [-0.2, -0.15) is 5.10 Å². The van der Waals surface area contributed by atoms with Gasteiger partial charge in [-0.3, -0.25) is 4.68 Å². The number of ether oxygens (including phenoxy) is 1. The zero-order valence-corrected chi connectivity index (χ0v) is 10.3. The quantitative estimate of drug-likeness (QED) is 0.825. The second kappa shape index (κ2) is 6.33. The Hall–Kier alpha value is -0.290. The van der Waals surface area contributed by atoms with E-state index in [0.29, 0.717) is 0 Å². The van der Waals surface area contributed by atoms with Gasteiger partial charge < -0.3 is 10.5 Å². The molecule has 0 saturated carbocycles. The number of nitrogens with zero attached hydrogens (tertiary/aromatic N) is 2. The van der Waals surface area contributed by atoms with Crippen LogP contribution in [0.5, 0.6) is 0 Å². The highest BCUT2D eigenvalue weighted by atomic mass is 35.5. The molecule has 2 N–H and O–H groups in total. The number of rotatable bonds is 1. The fourth-order valence-electron chi connectivity index (χ4n) is 1.66. The smallest absolute Gasteiger partial charge is 0.0870 e. The number of aromatic nitrogens is 2. The molecule has 2 rings (SSSR count). The molecule has 0 radical (unpaired) electrons. The molecule has 2 unspecified atom stereocenters. The molecule has 88 valence electrons. The summed E-state index contributed by atoms with van der Waals surface area (Å²) in [4.78, 5) is 0. The first-order valence-electron chi connectivity index (χ1n) is 4.61. The van der Waals surface area contributed by atoms with Crippen LogP contribution in [0.3, 0.4) is 0 Å². The zero-order valence-electron chi connectivity index (χ0n) is 8.63. The molecule has 2 heterocycles. The van der Waals surface area contributed by atoms with E-state index in [9.17, 15) is 0 Å². The summed E-state index contributed by atoms with van der Waals surface area (Å²) in [6.07, 6.45) is 5.87. The van der Waals surface area contributed by atoms with E-state index in [1.807, 2.05) is 19.4 Å². The van der Waals surface area contributed by atoms with Crippen molar-refractivity contribution >= 4 is 24.8 Å². The Labute approximate surface area is 102 Å². The van der Waals surface area contributed by atoms with Gasteiger partial charge in [-0.15, -0.1) is 24.8 Å². The predicted octanol–water partition coefficient (Wildman–Crippen LogP) is 1.44. The third kappa shape index (κ3) is 3.65. The Morgan fingerprint density at radius 2 is 2.27 bits per heavy atom. The second-order valence-corrected chi connectivity index (χ2v) is 3.59. The van der Waals surface area contributed by atoms with Crippen molar-refractivity contribution in [1.82, 2.24) is 9.78 Å². The van der Waals surface area contributed by atoms with Crippen LogP contribution in [0.15, 0.2) is 12.4 Å². The molecule has 1 saturated heterocycles. The van der Waals surface area contributed by atoms with E-state index in [1.165, 1.54) is 0 Å². The molecule has 1 aliphatic rings. The average molecular weight is 254 g/mol. The molecular formula is C9H17Cl2N3O. The van der Waals surface area contributed by atoms with Crippen LogP contribution in [-0.4, -0.2) is 22.4 Å².